The van der Waals surface area contributed by atoms with Crippen LogP contribution in [-0.4, -0.2) is 5.50 Å². The summed E-state index contributed by atoms with van der Waals surface area (Å²) < 4.78 is 76.6. The molecule has 1 aromatic rings. The second kappa shape index (κ2) is 5.12. The number of anilines is 1. The molecule has 1 aliphatic heterocycles. The molecule has 0 fully saturated rings. The van der Waals surface area contributed by atoms with Crippen molar-refractivity contribution in [3.05, 3.63) is 41.1 Å². The summed E-state index contributed by atoms with van der Waals surface area (Å²) in [6.07, 6.45) is -7.90. The summed E-state index contributed by atoms with van der Waals surface area (Å²) in [6, 6.07) is 1.43. The number of rotatable bonds is 1. The molecule has 8 heteroatoms. The van der Waals surface area contributed by atoms with Gasteiger partial charge < -0.3 is 4.90 Å². The lowest BCUT2D eigenvalue weighted by molar-refractivity contribution is -0.143. The molecule has 1 aliphatic rings. The van der Waals surface area contributed by atoms with Crippen LogP contribution in [0.5, 0.6) is 0 Å². The summed E-state index contributed by atoms with van der Waals surface area (Å²) in [7, 11) is 0. The molecule has 116 valence electrons. The molecule has 0 spiro atoms. The fourth-order valence-electron chi connectivity index (χ4n) is 2.06. The zero-order valence-electron chi connectivity index (χ0n) is 10.7. The average molecular weight is 330 g/mol. The lowest BCUT2D eigenvalue weighted by atomic mass is 10.1. The first-order chi connectivity index (χ1) is 9.48. The van der Waals surface area contributed by atoms with Crippen molar-refractivity contribution in [3.63, 3.8) is 0 Å². The molecular formula is C13H10ClF6N. The van der Waals surface area contributed by atoms with E-state index >= 15 is 0 Å². The molecule has 21 heavy (non-hydrogen) atoms. The van der Waals surface area contributed by atoms with E-state index in [0.717, 1.165) is 5.57 Å². The highest BCUT2D eigenvalue weighted by Gasteiger charge is 2.38. The first-order valence-electron chi connectivity index (χ1n) is 5.87. The van der Waals surface area contributed by atoms with Crippen LogP contribution >= 0.6 is 11.6 Å². The lowest BCUT2D eigenvalue weighted by Crippen LogP contribution is -2.22. The van der Waals surface area contributed by atoms with Gasteiger partial charge in [0.2, 0.25) is 0 Å². The van der Waals surface area contributed by atoms with Crippen LogP contribution in [0.4, 0.5) is 32.0 Å². The van der Waals surface area contributed by atoms with Gasteiger partial charge in [0.25, 0.3) is 0 Å². The smallest absolute Gasteiger partial charge is 0.331 e. The first-order valence-corrected chi connectivity index (χ1v) is 6.31. The minimum Gasteiger partial charge on any atom is -0.331 e. The van der Waals surface area contributed by atoms with Gasteiger partial charge in [-0.3, -0.25) is 0 Å². The van der Waals surface area contributed by atoms with Gasteiger partial charge in [-0.25, -0.2) is 0 Å². The Bertz CT molecular complexity index is 543. The normalized spacial score (nSPS) is 19.9. The molecular weight excluding hydrogens is 320 g/mol. The maximum Gasteiger partial charge on any atom is 0.416 e. The highest BCUT2D eigenvalue weighted by molar-refractivity contribution is 6.22. The van der Waals surface area contributed by atoms with Crippen molar-refractivity contribution in [3.8, 4) is 0 Å². The van der Waals surface area contributed by atoms with Gasteiger partial charge in [-0.05, 0) is 25.1 Å². The van der Waals surface area contributed by atoms with E-state index in [1.54, 1.807) is 6.92 Å². The van der Waals surface area contributed by atoms with Crippen LogP contribution in [0.3, 0.4) is 0 Å². The fraction of sp³-hybridized carbons (Fsp3) is 0.385. The number of halogens is 7. The standard InChI is InChI=1S/C13H10ClF6N/c1-7-2-11(14)21(6-7)10-4-8(12(15,16)17)3-9(5-10)13(18,19)20/h3-6,11H,2H2,1H3. The molecule has 0 aromatic heterocycles. The molecule has 1 heterocycles. The summed E-state index contributed by atoms with van der Waals surface area (Å²) in [5.41, 5.74) is -2.85. The summed E-state index contributed by atoms with van der Waals surface area (Å²) in [6.45, 7) is 1.70. The second-order valence-electron chi connectivity index (χ2n) is 4.79. The van der Waals surface area contributed by atoms with Gasteiger partial charge in [-0.2, -0.15) is 26.3 Å². The van der Waals surface area contributed by atoms with Crippen molar-refractivity contribution in [2.45, 2.75) is 31.2 Å². The van der Waals surface area contributed by atoms with Crippen LogP contribution in [0.25, 0.3) is 0 Å². The van der Waals surface area contributed by atoms with E-state index < -0.39 is 29.0 Å². The number of hydrogen-bond acceptors (Lipinski definition) is 1. The molecule has 1 atom stereocenters. The molecule has 0 amide bonds. The Balaban J connectivity index is 2.56. The highest BCUT2D eigenvalue weighted by Crippen LogP contribution is 2.40. The van der Waals surface area contributed by atoms with E-state index in [1.165, 1.54) is 11.1 Å². The van der Waals surface area contributed by atoms with Crippen molar-refractivity contribution >= 4 is 17.3 Å². The molecule has 0 saturated heterocycles. The highest BCUT2D eigenvalue weighted by atomic mass is 35.5. The topological polar surface area (TPSA) is 3.24 Å². The minimum atomic E-state index is -4.86. The first kappa shape index (κ1) is 16.0. The third kappa shape index (κ3) is 3.45. The van der Waals surface area contributed by atoms with Gasteiger partial charge in [0.05, 0.1) is 11.1 Å². The average Bonchev–Trinajstić information content (AvgIpc) is 2.65. The van der Waals surface area contributed by atoms with Crippen LogP contribution in [0, 0.1) is 0 Å². The summed E-state index contributed by atoms with van der Waals surface area (Å²) in [5.74, 6) is 0. The van der Waals surface area contributed by atoms with Crippen LogP contribution in [-0.2, 0) is 12.4 Å². The van der Waals surface area contributed by atoms with Gasteiger partial charge in [0.15, 0.2) is 0 Å². The van der Waals surface area contributed by atoms with Crippen LogP contribution in [0.1, 0.15) is 24.5 Å². The van der Waals surface area contributed by atoms with Crippen molar-refractivity contribution in [1.29, 1.82) is 0 Å². The van der Waals surface area contributed by atoms with E-state index in [4.69, 9.17) is 11.6 Å². The molecule has 2 rings (SSSR count). The van der Waals surface area contributed by atoms with Gasteiger partial charge in [0, 0.05) is 18.3 Å². The van der Waals surface area contributed by atoms with Crippen molar-refractivity contribution in [2.75, 3.05) is 4.90 Å². The van der Waals surface area contributed by atoms with Gasteiger partial charge in [0.1, 0.15) is 5.50 Å². The van der Waals surface area contributed by atoms with Gasteiger partial charge in [-0.15, -0.1) is 0 Å². The third-order valence-electron chi connectivity index (χ3n) is 3.02. The number of alkyl halides is 7. The van der Waals surface area contributed by atoms with Gasteiger partial charge >= 0.3 is 12.4 Å². The SMILES string of the molecule is CC1=CN(c2cc(C(F)(F)F)cc(C(F)(F)F)c2)C(Cl)C1. The van der Waals surface area contributed by atoms with E-state index in [2.05, 4.69) is 0 Å². The molecule has 0 radical (unpaired) electrons. The predicted molar refractivity (Wildman–Crippen MR) is 66.9 cm³/mol. The summed E-state index contributed by atoms with van der Waals surface area (Å²) >= 11 is 5.95. The Morgan fingerprint density at radius 2 is 1.48 bits per heavy atom. The largest absolute Gasteiger partial charge is 0.416 e. The minimum absolute atomic E-state index is 0.0966. The Hall–Kier alpha value is -1.37. The van der Waals surface area contributed by atoms with Crippen molar-refractivity contribution in [2.24, 2.45) is 0 Å². The quantitative estimate of drug-likeness (QED) is 0.378. The fourth-order valence-corrected chi connectivity index (χ4v) is 2.47. The Morgan fingerprint density at radius 3 is 1.81 bits per heavy atom. The molecule has 0 N–H and O–H groups in total. The zero-order chi connectivity index (χ0) is 16.0. The van der Waals surface area contributed by atoms with Crippen molar-refractivity contribution < 1.29 is 26.3 Å². The van der Waals surface area contributed by atoms with E-state index in [-0.39, 0.29) is 11.8 Å². The predicted octanol–water partition coefficient (Wildman–Crippen LogP) is 5.40. The summed E-state index contributed by atoms with van der Waals surface area (Å²) in [4.78, 5) is 1.21. The number of hydrogen-bond donors (Lipinski definition) is 0. The van der Waals surface area contributed by atoms with Crippen LogP contribution in [0.15, 0.2) is 30.0 Å². The zero-order valence-corrected chi connectivity index (χ0v) is 11.4. The van der Waals surface area contributed by atoms with E-state index in [9.17, 15) is 26.3 Å². The monoisotopic (exact) mass is 329 g/mol. The maximum atomic E-state index is 12.8. The molecule has 1 unspecified atom stereocenters. The summed E-state index contributed by atoms with van der Waals surface area (Å²) in [5, 5.41) is 0. The van der Waals surface area contributed by atoms with Crippen LogP contribution < -0.4 is 4.90 Å². The van der Waals surface area contributed by atoms with E-state index in [0.29, 0.717) is 18.6 Å². The Labute approximate surface area is 121 Å². The Morgan fingerprint density at radius 1 is 1.00 bits per heavy atom. The molecule has 1 nitrogen and oxygen atoms in total. The van der Waals surface area contributed by atoms with Crippen LogP contribution in [0.2, 0.25) is 0 Å². The third-order valence-corrected chi connectivity index (χ3v) is 3.39. The number of benzene rings is 1. The number of nitrogens with zero attached hydrogens (tertiary/aromatic N) is 1. The van der Waals surface area contributed by atoms with Crippen molar-refractivity contribution in [1.82, 2.24) is 0 Å². The molecule has 0 saturated carbocycles. The second-order valence-corrected chi connectivity index (χ2v) is 5.29. The molecule has 1 aromatic carbocycles. The Kier molecular flexibility index (Phi) is 3.90. The maximum absolute atomic E-state index is 12.8. The molecule has 0 bridgehead atoms. The lowest BCUT2D eigenvalue weighted by Gasteiger charge is -2.23. The molecule has 0 aliphatic carbocycles. The van der Waals surface area contributed by atoms with Gasteiger partial charge in [-0.1, -0.05) is 17.2 Å². The van der Waals surface area contributed by atoms with E-state index in [1.807, 2.05) is 0 Å².